The number of methoxy groups -OCH3 is 1. The number of amides is 2. The van der Waals surface area contributed by atoms with E-state index < -0.39 is 0 Å². The molecular formula is C16H20N2O4. The topological polar surface area (TPSA) is 70.1 Å². The molecule has 0 radical (unpaired) electrons. The molecule has 1 aromatic rings. The number of hydrogen-bond acceptors (Lipinski definition) is 5. The first-order valence-electron chi connectivity index (χ1n) is 7.12. The lowest BCUT2D eigenvalue weighted by atomic mass is 10.0. The number of likely N-dealkylation sites (N-methyl/N-ethyl adjacent to an activating group) is 2. The molecule has 0 saturated carbocycles. The second-order valence-corrected chi connectivity index (χ2v) is 4.95. The van der Waals surface area contributed by atoms with Gasteiger partial charge in [-0.1, -0.05) is 12.1 Å². The van der Waals surface area contributed by atoms with Crippen LogP contribution < -0.4 is 4.74 Å². The molecular weight excluding hydrogens is 284 g/mol. The Morgan fingerprint density at radius 3 is 2.32 bits per heavy atom. The van der Waals surface area contributed by atoms with Crippen molar-refractivity contribution in [2.24, 2.45) is 0 Å². The minimum atomic E-state index is -0.325. The minimum Gasteiger partial charge on any atom is -0.497 e. The van der Waals surface area contributed by atoms with Crippen LogP contribution in [0.25, 0.3) is 5.57 Å². The smallest absolute Gasteiger partial charge is 0.277 e. The van der Waals surface area contributed by atoms with Crippen molar-refractivity contribution >= 4 is 17.4 Å². The first-order valence-corrected chi connectivity index (χ1v) is 7.12. The van der Waals surface area contributed by atoms with Crippen molar-refractivity contribution in [2.75, 3.05) is 33.9 Å². The molecule has 118 valence electrons. The number of imide groups is 1. The minimum absolute atomic E-state index is 0.0938. The maximum Gasteiger partial charge on any atom is 0.277 e. The predicted octanol–water partition coefficient (Wildman–Crippen LogP) is 0.719. The Morgan fingerprint density at radius 2 is 1.82 bits per heavy atom. The summed E-state index contributed by atoms with van der Waals surface area (Å²) in [5.41, 5.74) is 1.35. The lowest BCUT2D eigenvalue weighted by molar-refractivity contribution is -0.137. The number of aliphatic hydroxyl groups is 1. The van der Waals surface area contributed by atoms with E-state index in [0.29, 0.717) is 29.1 Å². The Hall–Kier alpha value is -2.34. The largest absolute Gasteiger partial charge is 0.497 e. The third-order valence-corrected chi connectivity index (χ3v) is 3.66. The van der Waals surface area contributed by atoms with Gasteiger partial charge in [-0.05, 0) is 24.6 Å². The molecule has 2 amide bonds. The highest BCUT2D eigenvalue weighted by atomic mass is 16.5. The zero-order valence-electron chi connectivity index (χ0n) is 13.0. The highest BCUT2D eigenvalue weighted by molar-refractivity contribution is 6.35. The van der Waals surface area contributed by atoms with Crippen molar-refractivity contribution < 1.29 is 19.4 Å². The van der Waals surface area contributed by atoms with Gasteiger partial charge in [0.15, 0.2) is 0 Å². The molecule has 0 unspecified atom stereocenters. The SMILES string of the molecule is CCN1C(=O)C(c2ccc(OC)cc2)=C(N(C)CCO)C1=O. The van der Waals surface area contributed by atoms with Gasteiger partial charge in [0, 0.05) is 20.1 Å². The van der Waals surface area contributed by atoms with Gasteiger partial charge in [-0.3, -0.25) is 14.5 Å². The van der Waals surface area contributed by atoms with Crippen molar-refractivity contribution in [3.05, 3.63) is 35.5 Å². The van der Waals surface area contributed by atoms with E-state index in [1.807, 2.05) is 0 Å². The fourth-order valence-electron chi connectivity index (χ4n) is 2.48. The van der Waals surface area contributed by atoms with Crippen LogP contribution in [0.3, 0.4) is 0 Å². The third kappa shape index (κ3) is 2.69. The molecule has 1 aliphatic rings. The van der Waals surface area contributed by atoms with E-state index in [9.17, 15) is 9.59 Å². The van der Waals surface area contributed by atoms with Gasteiger partial charge in [0.1, 0.15) is 11.4 Å². The molecule has 0 aromatic heterocycles. The van der Waals surface area contributed by atoms with Crippen molar-refractivity contribution in [1.82, 2.24) is 9.80 Å². The molecule has 1 N–H and O–H groups in total. The summed E-state index contributed by atoms with van der Waals surface area (Å²) in [5.74, 6) is 0.0467. The number of rotatable bonds is 6. The van der Waals surface area contributed by atoms with Crippen LogP contribution in [0.1, 0.15) is 12.5 Å². The van der Waals surface area contributed by atoms with Crippen LogP contribution in [0.15, 0.2) is 30.0 Å². The van der Waals surface area contributed by atoms with Crippen LogP contribution in [0.2, 0.25) is 0 Å². The summed E-state index contributed by atoms with van der Waals surface area (Å²) in [7, 11) is 3.26. The van der Waals surface area contributed by atoms with E-state index in [-0.39, 0.29) is 25.0 Å². The average molecular weight is 304 g/mol. The zero-order valence-corrected chi connectivity index (χ0v) is 13.0. The average Bonchev–Trinajstić information content (AvgIpc) is 2.78. The summed E-state index contributed by atoms with van der Waals surface area (Å²) in [6, 6.07) is 7.01. The predicted molar refractivity (Wildman–Crippen MR) is 82.0 cm³/mol. The Bertz CT molecular complexity index is 607. The highest BCUT2D eigenvalue weighted by Gasteiger charge is 2.39. The Morgan fingerprint density at radius 1 is 1.18 bits per heavy atom. The van der Waals surface area contributed by atoms with Crippen molar-refractivity contribution in [3.8, 4) is 5.75 Å². The van der Waals surface area contributed by atoms with Gasteiger partial charge in [0.2, 0.25) is 0 Å². The van der Waals surface area contributed by atoms with Crippen LogP contribution in [-0.2, 0) is 9.59 Å². The number of hydrogen-bond donors (Lipinski definition) is 1. The summed E-state index contributed by atoms with van der Waals surface area (Å²) < 4.78 is 5.11. The number of nitrogens with zero attached hydrogens (tertiary/aromatic N) is 2. The van der Waals surface area contributed by atoms with Crippen molar-refractivity contribution in [1.29, 1.82) is 0 Å². The molecule has 0 saturated heterocycles. The molecule has 22 heavy (non-hydrogen) atoms. The van der Waals surface area contributed by atoms with Crippen LogP contribution in [0, 0.1) is 0 Å². The van der Waals surface area contributed by atoms with Gasteiger partial charge in [-0.2, -0.15) is 0 Å². The van der Waals surface area contributed by atoms with Crippen molar-refractivity contribution in [3.63, 3.8) is 0 Å². The molecule has 0 spiro atoms. The van der Waals surface area contributed by atoms with Gasteiger partial charge < -0.3 is 14.7 Å². The van der Waals surface area contributed by atoms with Gasteiger partial charge in [-0.25, -0.2) is 0 Å². The fourth-order valence-corrected chi connectivity index (χ4v) is 2.48. The molecule has 0 aliphatic carbocycles. The second-order valence-electron chi connectivity index (χ2n) is 4.95. The number of benzene rings is 1. The highest BCUT2D eigenvalue weighted by Crippen LogP contribution is 2.31. The number of ether oxygens (including phenoxy) is 1. The fraction of sp³-hybridized carbons (Fsp3) is 0.375. The Labute approximate surface area is 129 Å². The van der Waals surface area contributed by atoms with E-state index in [4.69, 9.17) is 9.84 Å². The summed E-state index contributed by atoms with van der Waals surface area (Å²) in [4.78, 5) is 27.8. The molecule has 1 aliphatic heterocycles. The molecule has 0 bridgehead atoms. The number of aliphatic hydroxyl groups excluding tert-OH is 1. The first kappa shape index (κ1) is 16.0. The summed E-state index contributed by atoms with van der Waals surface area (Å²) in [5, 5.41) is 9.11. The van der Waals surface area contributed by atoms with Gasteiger partial charge in [0.25, 0.3) is 11.8 Å². The van der Waals surface area contributed by atoms with Gasteiger partial charge >= 0.3 is 0 Å². The van der Waals surface area contributed by atoms with Crippen LogP contribution in [0.4, 0.5) is 0 Å². The molecule has 1 heterocycles. The maximum absolute atomic E-state index is 12.5. The third-order valence-electron chi connectivity index (χ3n) is 3.66. The zero-order chi connectivity index (χ0) is 16.3. The maximum atomic E-state index is 12.5. The second kappa shape index (κ2) is 6.62. The van der Waals surface area contributed by atoms with E-state index in [0.717, 1.165) is 0 Å². The lowest BCUT2D eigenvalue weighted by Crippen LogP contribution is -2.34. The van der Waals surface area contributed by atoms with Crippen LogP contribution >= 0.6 is 0 Å². The van der Waals surface area contributed by atoms with Gasteiger partial charge in [0.05, 0.1) is 19.3 Å². The first-order chi connectivity index (χ1) is 10.5. The van der Waals surface area contributed by atoms with Crippen LogP contribution in [-0.4, -0.2) is 60.6 Å². The Balaban J connectivity index is 2.52. The normalized spacial score (nSPS) is 14.8. The van der Waals surface area contributed by atoms with Crippen LogP contribution in [0.5, 0.6) is 5.75 Å². The summed E-state index contributed by atoms with van der Waals surface area (Å²) in [6.07, 6.45) is 0. The molecule has 2 rings (SSSR count). The number of carbonyl (C=O) groups is 2. The monoisotopic (exact) mass is 304 g/mol. The number of carbonyl (C=O) groups excluding carboxylic acids is 2. The Kier molecular flexibility index (Phi) is 4.82. The van der Waals surface area contributed by atoms with Crippen molar-refractivity contribution in [2.45, 2.75) is 6.92 Å². The standard InChI is InChI=1S/C16H20N2O4/c1-4-18-15(20)13(11-5-7-12(22-3)8-6-11)14(16(18)21)17(2)9-10-19/h5-8,19H,4,9-10H2,1-3H3. The molecule has 1 aromatic carbocycles. The molecule has 6 heteroatoms. The summed E-state index contributed by atoms with van der Waals surface area (Å²) in [6.45, 7) is 2.26. The molecule has 0 fully saturated rings. The van der Waals surface area contributed by atoms with E-state index >= 15 is 0 Å². The molecule has 6 nitrogen and oxygen atoms in total. The molecule has 0 atom stereocenters. The van der Waals surface area contributed by atoms with E-state index in [1.165, 1.54) is 4.90 Å². The van der Waals surface area contributed by atoms with Gasteiger partial charge in [-0.15, -0.1) is 0 Å². The summed E-state index contributed by atoms with van der Waals surface area (Å²) >= 11 is 0. The van der Waals surface area contributed by atoms with E-state index in [2.05, 4.69) is 0 Å². The van der Waals surface area contributed by atoms with E-state index in [1.54, 1.807) is 50.2 Å². The lowest BCUT2D eigenvalue weighted by Gasteiger charge is -2.19. The quantitative estimate of drug-likeness (QED) is 0.784.